The van der Waals surface area contributed by atoms with Crippen molar-refractivity contribution in [1.82, 2.24) is 15.0 Å². The summed E-state index contributed by atoms with van der Waals surface area (Å²) in [6.07, 6.45) is 1.63. The lowest BCUT2D eigenvalue weighted by atomic mass is 10.1. The van der Waals surface area contributed by atoms with Crippen molar-refractivity contribution in [3.05, 3.63) is 72.4 Å². The van der Waals surface area contributed by atoms with Crippen molar-refractivity contribution < 1.29 is 14.3 Å². The molecule has 2 unspecified atom stereocenters. The molecule has 0 saturated carbocycles. The Kier molecular flexibility index (Phi) is 3.61. The zero-order valence-corrected chi connectivity index (χ0v) is 14.4. The van der Waals surface area contributed by atoms with Crippen molar-refractivity contribution in [2.75, 3.05) is 13.2 Å². The lowest BCUT2D eigenvalue weighted by molar-refractivity contribution is -0.141. The summed E-state index contributed by atoms with van der Waals surface area (Å²) in [5.41, 5.74) is 2.22. The predicted molar refractivity (Wildman–Crippen MR) is 97.1 cm³/mol. The second-order valence-corrected chi connectivity index (χ2v) is 6.48. The summed E-state index contributed by atoms with van der Waals surface area (Å²) in [5, 5.41) is 8.78. The maximum atomic E-state index is 12.5. The molecule has 1 fully saturated rings. The first-order chi connectivity index (χ1) is 13.3. The second kappa shape index (κ2) is 6.14. The van der Waals surface area contributed by atoms with E-state index in [9.17, 15) is 4.79 Å². The topological polar surface area (TPSA) is 78.6 Å². The van der Waals surface area contributed by atoms with Crippen LogP contribution in [0.2, 0.25) is 0 Å². The van der Waals surface area contributed by atoms with Crippen LogP contribution in [0, 0.1) is 0 Å². The van der Waals surface area contributed by atoms with Crippen LogP contribution < -0.4 is 0 Å². The molecule has 1 spiro atoms. The summed E-state index contributed by atoms with van der Waals surface area (Å²) in [7, 11) is 0. The Morgan fingerprint density at radius 2 is 1.70 bits per heavy atom. The van der Waals surface area contributed by atoms with Crippen LogP contribution in [-0.4, -0.2) is 45.6 Å². The molecule has 2 atom stereocenters. The van der Waals surface area contributed by atoms with Gasteiger partial charge in [-0.05, 0) is 5.56 Å². The minimum absolute atomic E-state index is 0.0506. The zero-order chi connectivity index (χ0) is 18.3. The summed E-state index contributed by atoms with van der Waals surface area (Å²) >= 11 is 0. The van der Waals surface area contributed by atoms with Gasteiger partial charge in [0.05, 0.1) is 18.5 Å². The van der Waals surface area contributed by atoms with E-state index in [1.165, 1.54) is 4.80 Å². The van der Waals surface area contributed by atoms with Crippen LogP contribution in [0.15, 0.2) is 71.9 Å². The number of esters is 1. The third-order valence-corrected chi connectivity index (χ3v) is 4.77. The highest BCUT2D eigenvalue weighted by Crippen LogP contribution is 2.39. The fourth-order valence-electron chi connectivity index (χ4n) is 3.41. The number of aromatic nitrogens is 3. The number of rotatable bonds is 3. The van der Waals surface area contributed by atoms with Gasteiger partial charge in [-0.15, -0.1) is 0 Å². The van der Waals surface area contributed by atoms with E-state index in [-0.39, 0.29) is 6.61 Å². The number of ether oxygens (including phenoxy) is 2. The average molecular weight is 360 g/mol. The highest BCUT2D eigenvalue weighted by molar-refractivity contribution is 6.03. The van der Waals surface area contributed by atoms with Gasteiger partial charge in [0.15, 0.2) is 0 Å². The summed E-state index contributed by atoms with van der Waals surface area (Å²) in [5.74, 6) is -0.441. The molecular weight excluding hydrogens is 344 g/mol. The number of nitrogens with zero attached hydrogens (tertiary/aromatic N) is 4. The summed E-state index contributed by atoms with van der Waals surface area (Å²) in [4.78, 5) is 18.5. The fourth-order valence-corrected chi connectivity index (χ4v) is 3.41. The lowest BCUT2D eigenvalue weighted by Gasteiger charge is -2.21. The predicted octanol–water partition coefficient (Wildman–Crippen LogP) is 2.26. The number of benzene rings is 2. The van der Waals surface area contributed by atoms with Crippen LogP contribution in [0.3, 0.4) is 0 Å². The number of carbonyl (C=O) groups excluding carboxylic acids is 1. The molecule has 0 amide bonds. The van der Waals surface area contributed by atoms with Gasteiger partial charge in [0.2, 0.25) is 11.8 Å². The number of hydrogen-bond donors (Lipinski definition) is 0. The van der Waals surface area contributed by atoms with E-state index in [0.717, 1.165) is 16.8 Å². The molecular formula is C20H16N4O3. The van der Waals surface area contributed by atoms with Gasteiger partial charge in [-0.3, -0.25) is 0 Å². The van der Waals surface area contributed by atoms with E-state index in [0.29, 0.717) is 12.3 Å². The Balaban J connectivity index is 1.51. The molecule has 2 aliphatic rings. The van der Waals surface area contributed by atoms with Gasteiger partial charge in [-0.1, -0.05) is 60.7 Å². The van der Waals surface area contributed by atoms with E-state index < -0.39 is 17.7 Å². The smallest absolute Gasteiger partial charge is 0.338 e. The van der Waals surface area contributed by atoms with Crippen LogP contribution in [-0.2, 0) is 14.3 Å². The van der Waals surface area contributed by atoms with Crippen LogP contribution in [0.4, 0.5) is 0 Å². The third kappa shape index (κ3) is 2.63. The maximum Gasteiger partial charge on any atom is 0.338 e. The highest BCUT2D eigenvalue weighted by atomic mass is 16.6. The van der Waals surface area contributed by atoms with Crippen molar-refractivity contribution in [3.63, 3.8) is 0 Å². The van der Waals surface area contributed by atoms with Crippen molar-refractivity contribution in [2.45, 2.75) is 11.8 Å². The van der Waals surface area contributed by atoms with Crippen molar-refractivity contribution in [1.29, 1.82) is 0 Å². The molecule has 0 aliphatic carbocycles. The minimum Gasteiger partial charge on any atom is -0.459 e. The molecule has 7 heteroatoms. The number of hydrogen-bond acceptors (Lipinski definition) is 6. The number of cyclic esters (lactones) is 1. The Bertz CT molecular complexity index is 1020. The zero-order valence-electron chi connectivity index (χ0n) is 14.4. The molecule has 3 aromatic rings. The van der Waals surface area contributed by atoms with Crippen LogP contribution in [0.25, 0.3) is 11.3 Å². The number of carbonyl (C=O) groups is 1. The molecule has 3 heterocycles. The standard InChI is InChI=1S/C20H16N4O3/c25-19-18(24-21-11-16(23-24)14-7-3-1-4-8-14)20(13-26-19)22-17(12-27-20)15-9-5-2-6-10-15/h1-11,18H,12-13H2. The molecule has 0 radical (unpaired) electrons. The monoisotopic (exact) mass is 360 g/mol. The summed E-state index contributed by atoms with van der Waals surface area (Å²) < 4.78 is 11.3. The largest absolute Gasteiger partial charge is 0.459 e. The molecule has 5 rings (SSSR count). The Morgan fingerprint density at radius 3 is 2.44 bits per heavy atom. The molecule has 27 heavy (non-hydrogen) atoms. The van der Waals surface area contributed by atoms with Gasteiger partial charge in [-0.2, -0.15) is 15.0 Å². The molecule has 134 valence electrons. The molecule has 2 aliphatic heterocycles. The molecule has 0 bridgehead atoms. The van der Waals surface area contributed by atoms with Crippen LogP contribution in [0.5, 0.6) is 0 Å². The quantitative estimate of drug-likeness (QED) is 0.670. The Hall–Kier alpha value is -3.32. The Morgan fingerprint density at radius 1 is 1.00 bits per heavy atom. The summed E-state index contributed by atoms with van der Waals surface area (Å²) in [6.45, 7) is 0.360. The van der Waals surface area contributed by atoms with Gasteiger partial charge in [-0.25, -0.2) is 9.79 Å². The van der Waals surface area contributed by atoms with Crippen molar-refractivity contribution in [3.8, 4) is 11.3 Å². The normalized spacial score (nSPS) is 24.2. The van der Waals surface area contributed by atoms with E-state index in [2.05, 4.69) is 10.2 Å². The second-order valence-electron chi connectivity index (χ2n) is 6.48. The first kappa shape index (κ1) is 15.9. The highest BCUT2D eigenvalue weighted by Gasteiger charge is 2.57. The molecule has 1 aromatic heterocycles. The van der Waals surface area contributed by atoms with Crippen molar-refractivity contribution in [2.24, 2.45) is 4.99 Å². The van der Waals surface area contributed by atoms with Gasteiger partial charge >= 0.3 is 5.97 Å². The van der Waals surface area contributed by atoms with Crippen molar-refractivity contribution >= 4 is 11.7 Å². The van der Waals surface area contributed by atoms with Gasteiger partial charge in [0, 0.05) is 5.56 Å². The maximum absolute atomic E-state index is 12.5. The van der Waals surface area contributed by atoms with Gasteiger partial charge in [0.25, 0.3) is 0 Å². The first-order valence-corrected chi connectivity index (χ1v) is 8.67. The van der Waals surface area contributed by atoms with E-state index in [4.69, 9.17) is 14.5 Å². The van der Waals surface area contributed by atoms with Gasteiger partial charge < -0.3 is 9.47 Å². The SMILES string of the molecule is O=C1OCC2(N=C(c3ccccc3)CO2)C1n1ncc(-c2ccccc2)n1. The van der Waals surface area contributed by atoms with E-state index in [1.807, 2.05) is 60.7 Å². The van der Waals surface area contributed by atoms with Gasteiger partial charge in [0.1, 0.15) is 12.3 Å². The molecule has 2 aromatic carbocycles. The summed E-state index contributed by atoms with van der Waals surface area (Å²) in [6, 6.07) is 18.6. The molecule has 7 nitrogen and oxygen atoms in total. The van der Waals surface area contributed by atoms with Crippen LogP contribution in [0.1, 0.15) is 11.6 Å². The van der Waals surface area contributed by atoms with Crippen LogP contribution >= 0.6 is 0 Å². The number of aliphatic imine (C=N–C) groups is 1. The Labute approximate surface area is 155 Å². The molecule has 0 N–H and O–H groups in total. The lowest BCUT2D eigenvalue weighted by Crippen LogP contribution is -2.39. The first-order valence-electron chi connectivity index (χ1n) is 8.67. The average Bonchev–Trinajstić information content (AvgIpc) is 3.43. The third-order valence-electron chi connectivity index (χ3n) is 4.77. The molecule has 1 saturated heterocycles. The van der Waals surface area contributed by atoms with E-state index in [1.54, 1.807) is 6.20 Å². The fraction of sp³-hybridized carbons (Fsp3) is 0.200. The van der Waals surface area contributed by atoms with E-state index >= 15 is 0 Å². The minimum atomic E-state index is -1.13.